The summed E-state index contributed by atoms with van der Waals surface area (Å²) in [4.78, 5) is 16.9. The fourth-order valence-electron chi connectivity index (χ4n) is 3.98. The van der Waals surface area contributed by atoms with Gasteiger partial charge < -0.3 is 19.6 Å². The minimum atomic E-state index is -0.290. The van der Waals surface area contributed by atoms with E-state index in [4.69, 9.17) is 4.74 Å². The molecule has 0 aliphatic heterocycles. The number of carbonyl (C=O) groups is 1. The second kappa shape index (κ2) is 10.7. The van der Waals surface area contributed by atoms with Gasteiger partial charge in [0.2, 0.25) is 0 Å². The number of hydrogen-bond acceptors (Lipinski definition) is 5. The van der Waals surface area contributed by atoms with Gasteiger partial charge in [-0.1, -0.05) is 42.0 Å². The van der Waals surface area contributed by atoms with E-state index in [1.54, 1.807) is 19.2 Å². The Bertz CT molecular complexity index is 1310. The van der Waals surface area contributed by atoms with Crippen LogP contribution in [0.25, 0.3) is 10.9 Å². The number of aryl methyl sites for hydroxylation is 1. The third-order valence-electron chi connectivity index (χ3n) is 6.02. The number of carbonyl (C=O) groups excluding carboxylic acids is 1. The van der Waals surface area contributed by atoms with Gasteiger partial charge in [0, 0.05) is 37.2 Å². The van der Waals surface area contributed by atoms with E-state index < -0.39 is 0 Å². The van der Waals surface area contributed by atoms with Crippen molar-refractivity contribution in [3.8, 4) is 5.75 Å². The third-order valence-corrected chi connectivity index (χ3v) is 6.02. The Balaban J connectivity index is 1.51. The SMILES string of the molecule is Cc1cccc(Cc2n[nH]c3cc(O)c(C(=O)N(C)c4ccc(COCCN(C)C)cc4)cc23)c1. The molecule has 0 bridgehead atoms. The minimum absolute atomic E-state index is 0.0778. The number of aromatic nitrogens is 2. The molecule has 0 radical (unpaired) electrons. The zero-order valence-electron chi connectivity index (χ0n) is 20.7. The van der Waals surface area contributed by atoms with Gasteiger partial charge in [0.25, 0.3) is 5.91 Å². The van der Waals surface area contributed by atoms with Crippen LogP contribution in [-0.4, -0.2) is 60.4 Å². The van der Waals surface area contributed by atoms with Crippen molar-refractivity contribution in [3.63, 3.8) is 0 Å². The largest absolute Gasteiger partial charge is 0.507 e. The fraction of sp³-hybridized carbons (Fsp3) is 0.286. The summed E-state index contributed by atoms with van der Waals surface area (Å²) in [5, 5.41) is 18.8. The Morgan fingerprint density at radius 1 is 1.03 bits per heavy atom. The van der Waals surface area contributed by atoms with Gasteiger partial charge in [0.15, 0.2) is 0 Å². The van der Waals surface area contributed by atoms with Crippen LogP contribution in [0.15, 0.2) is 60.7 Å². The number of nitrogens with one attached hydrogen (secondary N) is 1. The first-order valence-electron chi connectivity index (χ1n) is 11.7. The summed E-state index contributed by atoms with van der Waals surface area (Å²) in [5.41, 5.74) is 5.87. The smallest absolute Gasteiger partial charge is 0.261 e. The van der Waals surface area contributed by atoms with Crippen LogP contribution in [0.4, 0.5) is 5.69 Å². The van der Waals surface area contributed by atoms with Gasteiger partial charge in [-0.3, -0.25) is 9.89 Å². The Morgan fingerprint density at radius 3 is 2.51 bits per heavy atom. The normalized spacial score (nSPS) is 11.3. The Morgan fingerprint density at radius 2 is 1.80 bits per heavy atom. The molecule has 2 N–H and O–H groups in total. The Hall–Kier alpha value is -3.68. The lowest BCUT2D eigenvalue weighted by atomic mass is 10.0. The number of amides is 1. The molecular weight excluding hydrogens is 440 g/mol. The maximum Gasteiger partial charge on any atom is 0.261 e. The van der Waals surface area contributed by atoms with E-state index in [9.17, 15) is 9.90 Å². The van der Waals surface area contributed by atoms with Crippen LogP contribution >= 0.6 is 0 Å². The van der Waals surface area contributed by atoms with Gasteiger partial charge in [-0.25, -0.2) is 0 Å². The van der Waals surface area contributed by atoms with Crippen LogP contribution in [0.1, 0.15) is 32.7 Å². The van der Waals surface area contributed by atoms with Crippen molar-refractivity contribution in [1.29, 1.82) is 0 Å². The summed E-state index contributed by atoms with van der Waals surface area (Å²) >= 11 is 0. The summed E-state index contributed by atoms with van der Waals surface area (Å²) < 4.78 is 5.69. The molecule has 7 nitrogen and oxygen atoms in total. The first-order valence-corrected chi connectivity index (χ1v) is 11.7. The van der Waals surface area contributed by atoms with Gasteiger partial charge in [-0.05, 0) is 50.3 Å². The van der Waals surface area contributed by atoms with Gasteiger partial charge >= 0.3 is 0 Å². The van der Waals surface area contributed by atoms with Crippen LogP contribution in [-0.2, 0) is 17.8 Å². The lowest BCUT2D eigenvalue weighted by molar-refractivity contribution is 0.0990. The average molecular weight is 473 g/mol. The number of H-pyrrole nitrogens is 1. The number of phenols is 1. The van der Waals surface area contributed by atoms with Gasteiger partial charge in [-0.15, -0.1) is 0 Å². The molecule has 7 heteroatoms. The number of nitrogens with zero attached hydrogens (tertiary/aromatic N) is 3. The summed E-state index contributed by atoms with van der Waals surface area (Å²) in [6.45, 7) is 4.11. The molecule has 0 spiro atoms. The number of benzene rings is 3. The van der Waals surface area contributed by atoms with Crippen LogP contribution in [0.2, 0.25) is 0 Å². The van der Waals surface area contributed by atoms with Crippen molar-refractivity contribution in [3.05, 3.63) is 88.6 Å². The molecule has 35 heavy (non-hydrogen) atoms. The molecule has 4 aromatic rings. The van der Waals surface area contributed by atoms with Crippen LogP contribution < -0.4 is 4.90 Å². The molecule has 0 fully saturated rings. The highest BCUT2D eigenvalue weighted by Crippen LogP contribution is 2.29. The molecule has 182 valence electrons. The van der Waals surface area contributed by atoms with E-state index in [0.29, 0.717) is 25.2 Å². The molecule has 1 aromatic heterocycles. The topological polar surface area (TPSA) is 81.7 Å². The lowest BCUT2D eigenvalue weighted by Crippen LogP contribution is -2.26. The van der Waals surface area contributed by atoms with Gasteiger partial charge in [-0.2, -0.15) is 5.10 Å². The zero-order chi connectivity index (χ0) is 24.9. The van der Waals surface area contributed by atoms with Crippen molar-refractivity contribution < 1.29 is 14.6 Å². The molecule has 0 atom stereocenters. The highest BCUT2D eigenvalue weighted by Gasteiger charge is 2.20. The highest BCUT2D eigenvalue weighted by atomic mass is 16.5. The Kier molecular flexibility index (Phi) is 7.48. The predicted molar refractivity (Wildman–Crippen MR) is 139 cm³/mol. The lowest BCUT2D eigenvalue weighted by Gasteiger charge is -2.19. The minimum Gasteiger partial charge on any atom is -0.507 e. The monoisotopic (exact) mass is 472 g/mol. The second-order valence-corrected chi connectivity index (χ2v) is 9.14. The number of likely N-dealkylation sites (N-methyl/N-ethyl adjacent to an activating group) is 1. The maximum absolute atomic E-state index is 13.3. The number of hydrogen-bond donors (Lipinski definition) is 2. The van der Waals surface area contributed by atoms with Crippen LogP contribution in [0.5, 0.6) is 5.75 Å². The number of aromatic hydroxyl groups is 1. The second-order valence-electron chi connectivity index (χ2n) is 9.14. The standard InChI is InChI=1S/C28H32N4O3/c1-19-6-5-7-21(14-19)15-25-23-16-24(27(33)17-26(23)30-29-25)28(34)32(4)22-10-8-20(9-11-22)18-35-13-12-31(2)3/h5-11,14,16-17,33H,12-13,15,18H2,1-4H3,(H,29,30). The molecule has 0 aliphatic rings. The molecule has 4 rings (SSSR count). The van der Waals surface area contributed by atoms with Crippen molar-refractivity contribution in [1.82, 2.24) is 15.1 Å². The molecule has 1 amide bonds. The fourth-order valence-corrected chi connectivity index (χ4v) is 3.98. The number of fused-ring (bicyclic) bond motifs is 1. The summed E-state index contributed by atoms with van der Waals surface area (Å²) in [5.74, 6) is -0.367. The van der Waals surface area contributed by atoms with E-state index in [0.717, 1.165) is 34.4 Å². The highest BCUT2D eigenvalue weighted by molar-refractivity contribution is 6.09. The van der Waals surface area contributed by atoms with E-state index in [1.807, 2.05) is 44.4 Å². The number of anilines is 1. The van der Waals surface area contributed by atoms with Crippen molar-refractivity contribution >= 4 is 22.5 Å². The number of ether oxygens (including phenoxy) is 1. The molecule has 0 unspecified atom stereocenters. The van der Waals surface area contributed by atoms with Crippen molar-refractivity contribution in [2.45, 2.75) is 20.0 Å². The first-order chi connectivity index (χ1) is 16.8. The van der Waals surface area contributed by atoms with E-state index in [2.05, 4.69) is 40.2 Å². The third kappa shape index (κ3) is 5.88. The van der Waals surface area contributed by atoms with Gasteiger partial charge in [0.05, 0.1) is 30.0 Å². The number of phenolic OH excluding ortho intramolecular Hbond substituents is 1. The summed E-state index contributed by atoms with van der Waals surface area (Å²) in [6, 6.07) is 19.2. The predicted octanol–water partition coefficient (Wildman–Crippen LogP) is 4.52. The number of aromatic amines is 1. The van der Waals surface area contributed by atoms with E-state index in [-0.39, 0.29) is 17.2 Å². The van der Waals surface area contributed by atoms with E-state index in [1.165, 1.54) is 10.5 Å². The summed E-state index contributed by atoms with van der Waals surface area (Å²) in [6.07, 6.45) is 0.633. The molecule has 0 saturated heterocycles. The summed E-state index contributed by atoms with van der Waals surface area (Å²) in [7, 11) is 5.73. The molecule has 1 heterocycles. The van der Waals surface area contributed by atoms with E-state index >= 15 is 0 Å². The molecule has 0 aliphatic carbocycles. The average Bonchev–Trinajstić information content (AvgIpc) is 3.21. The van der Waals surface area contributed by atoms with Crippen molar-refractivity contribution in [2.75, 3.05) is 39.2 Å². The zero-order valence-corrected chi connectivity index (χ0v) is 20.7. The molecule has 3 aromatic carbocycles. The first kappa shape index (κ1) is 24.4. The number of rotatable bonds is 9. The molecule has 0 saturated carbocycles. The maximum atomic E-state index is 13.3. The van der Waals surface area contributed by atoms with Gasteiger partial charge in [0.1, 0.15) is 5.75 Å². The van der Waals surface area contributed by atoms with Crippen LogP contribution in [0, 0.1) is 6.92 Å². The quantitative estimate of drug-likeness (QED) is 0.350. The molecular formula is C28H32N4O3. The van der Waals surface area contributed by atoms with Crippen LogP contribution in [0.3, 0.4) is 0 Å². The van der Waals surface area contributed by atoms with Crippen molar-refractivity contribution in [2.24, 2.45) is 0 Å². The Labute approximate surface area is 205 Å².